The van der Waals surface area contributed by atoms with Crippen molar-refractivity contribution in [3.8, 4) is 0 Å². The van der Waals surface area contributed by atoms with E-state index < -0.39 is 24.5 Å². The third-order valence-electron chi connectivity index (χ3n) is 3.56. The fourth-order valence-electron chi connectivity index (χ4n) is 2.46. The van der Waals surface area contributed by atoms with Crippen molar-refractivity contribution in [3.05, 3.63) is 18.3 Å². The van der Waals surface area contributed by atoms with Crippen LogP contribution in [-0.2, 0) is 11.2 Å². The van der Waals surface area contributed by atoms with Crippen LogP contribution in [0.15, 0.2) is 12.7 Å². The highest BCUT2D eigenvalue weighted by Gasteiger charge is 2.43. The lowest BCUT2D eigenvalue weighted by Crippen LogP contribution is -2.33. The van der Waals surface area contributed by atoms with Crippen LogP contribution in [0.3, 0.4) is 0 Å². The topological polar surface area (TPSA) is 114 Å². The number of fused-ring (bicyclic) bond motifs is 1. The summed E-state index contributed by atoms with van der Waals surface area (Å²) in [6.45, 7) is 1.60. The van der Waals surface area contributed by atoms with Crippen LogP contribution in [0.4, 0.5) is 0 Å². The first kappa shape index (κ1) is 13.4. The summed E-state index contributed by atoms with van der Waals surface area (Å²) >= 11 is 0. The number of imidazole rings is 1. The molecule has 108 valence electrons. The summed E-state index contributed by atoms with van der Waals surface area (Å²) in [5.74, 6) is 0. The number of ether oxygens (including phenoxy) is 1. The second-order valence-corrected chi connectivity index (χ2v) is 4.73. The summed E-state index contributed by atoms with van der Waals surface area (Å²) in [5.41, 5.74) is 1.99. The van der Waals surface area contributed by atoms with Crippen LogP contribution in [0.1, 0.15) is 18.8 Å². The number of rotatable bonds is 3. The molecule has 0 radical (unpaired) electrons. The molecule has 4 atom stereocenters. The standard InChI is InChI=1S/C12H16N4O4/c1-2-6-8-11(14-4-13-6)16(5-15-8)12-10(19)9(18)7(3-17)20-12/h4-5,7,9-10,12,17-19H,2-3H2,1H3/t7-,9-,10-,12-/m1/s1. The molecule has 0 unspecified atom stereocenters. The van der Waals surface area contributed by atoms with Crippen LogP contribution < -0.4 is 0 Å². The summed E-state index contributed by atoms with van der Waals surface area (Å²) in [5, 5.41) is 29.0. The zero-order valence-corrected chi connectivity index (χ0v) is 10.9. The molecule has 0 bridgehead atoms. The van der Waals surface area contributed by atoms with Crippen molar-refractivity contribution < 1.29 is 20.1 Å². The smallest absolute Gasteiger partial charge is 0.165 e. The summed E-state index contributed by atoms with van der Waals surface area (Å²) < 4.78 is 7.03. The molecule has 8 nitrogen and oxygen atoms in total. The van der Waals surface area contributed by atoms with E-state index in [9.17, 15) is 10.2 Å². The van der Waals surface area contributed by atoms with Gasteiger partial charge in [0.1, 0.15) is 30.2 Å². The van der Waals surface area contributed by atoms with Gasteiger partial charge < -0.3 is 20.1 Å². The normalized spacial score (nSPS) is 30.2. The molecular formula is C12H16N4O4. The van der Waals surface area contributed by atoms with Crippen LogP contribution in [0.25, 0.3) is 11.2 Å². The average molecular weight is 280 g/mol. The minimum absolute atomic E-state index is 0.365. The molecule has 8 heteroatoms. The molecule has 2 aromatic rings. The lowest BCUT2D eigenvalue weighted by atomic mass is 10.1. The van der Waals surface area contributed by atoms with Gasteiger partial charge in [0.25, 0.3) is 0 Å². The number of aliphatic hydroxyl groups excluding tert-OH is 3. The van der Waals surface area contributed by atoms with E-state index in [1.165, 1.54) is 12.7 Å². The second-order valence-electron chi connectivity index (χ2n) is 4.73. The van der Waals surface area contributed by atoms with Gasteiger partial charge in [0.15, 0.2) is 11.9 Å². The molecule has 20 heavy (non-hydrogen) atoms. The third kappa shape index (κ3) is 1.88. The lowest BCUT2D eigenvalue weighted by molar-refractivity contribution is -0.0511. The molecular weight excluding hydrogens is 264 g/mol. The van der Waals surface area contributed by atoms with E-state index >= 15 is 0 Å². The molecule has 0 amide bonds. The van der Waals surface area contributed by atoms with Gasteiger partial charge in [-0.25, -0.2) is 15.0 Å². The molecule has 3 rings (SSSR count). The van der Waals surface area contributed by atoms with E-state index in [0.29, 0.717) is 17.6 Å². The van der Waals surface area contributed by atoms with Crippen molar-refractivity contribution in [1.29, 1.82) is 0 Å². The molecule has 1 aliphatic rings. The molecule has 0 aromatic carbocycles. The van der Waals surface area contributed by atoms with Crippen molar-refractivity contribution in [3.63, 3.8) is 0 Å². The molecule has 2 aromatic heterocycles. The van der Waals surface area contributed by atoms with Gasteiger partial charge in [-0.05, 0) is 6.42 Å². The number of hydrogen-bond acceptors (Lipinski definition) is 7. The monoisotopic (exact) mass is 280 g/mol. The summed E-state index contributed by atoms with van der Waals surface area (Å²) in [6.07, 6.45) is -0.294. The largest absolute Gasteiger partial charge is 0.394 e. The van der Waals surface area contributed by atoms with E-state index in [1.807, 2.05) is 6.92 Å². The molecule has 3 heterocycles. The maximum Gasteiger partial charge on any atom is 0.165 e. The number of aryl methyl sites for hydroxylation is 1. The Morgan fingerprint density at radius 2 is 2.05 bits per heavy atom. The SMILES string of the molecule is CCc1ncnc2c1ncn2[C@@H]1O[C@H](CO)[C@@H](O)[C@H]1O. The number of hydrogen-bond donors (Lipinski definition) is 3. The van der Waals surface area contributed by atoms with E-state index in [1.54, 1.807) is 4.57 Å². The predicted octanol–water partition coefficient (Wildman–Crippen LogP) is -1.000. The maximum absolute atomic E-state index is 10.0. The Balaban J connectivity index is 2.03. The van der Waals surface area contributed by atoms with Crippen molar-refractivity contribution >= 4 is 11.2 Å². The van der Waals surface area contributed by atoms with Crippen molar-refractivity contribution in [1.82, 2.24) is 19.5 Å². The van der Waals surface area contributed by atoms with Crippen molar-refractivity contribution in [2.75, 3.05) is 6.61 Å². The molecule has 3 N–H and O–H groups in total. The van der Waals surface area contributed by atoms with E-state index in [4.69, 9.17) is 9.84 Å². The molecule has 1 fully saturated rings. The first-order chi connectivity index (χ1) is 9.67. The van der Waals surface area contributed by atoms with Crippen LogP contribution in [-0.4, -0.2) is 59.8 Å². The highest BCUT2D eigenvalue weighted by atomic mass is 16.6. The van der Waals surface area contributed by atoms with Gasteiger partial charge in [0.05, 0.1) is 18.6 Å². The van der Waals surface area contributed by atoms with Gasteiger partial charge in [0.2, 0.25) is 0 Å². The second kappa shape index (κ2) is 5.06. The van der Waals surface area contributed by atoms with Gasteiger partial charge in [-0.2, -0.15) is 0 Å². The fraction of sp³-hybridized carbons (Fsp3) is 0.583. The zero-order chi connectivity index (χ0) is 14.3. The average Bonchev–Trinajstić information content (AvgIpc) is 3.01. The molecule has 1 saturated heterocycles. The Hall–Kier alpha value is -1.61. The number of aliphatic hydroxyl groups is 3. The molecule has 0 saturated carbocycles. The van der Waals surface area contributed by atoms with Crippen molar-refractivity contribution in [2.24, 2.45) is 0 Å². The minimum Gasteiger partial charge on any atom is -0.394 e. The van der Waals surface area contributed by atoms with Crippen LogP contribution >= 0.6 is 0 Å². The Bertz CT molecular complexity index is 617. The molecule has 0 spiro atoms. The van der Waals surface area contributed by atoms with E-state index in [-0.39, 0.29) is 6.61 Å². The zero-order valence-electron chi connectivity index (χ0n) is 10.9. The Labute approximate surface area is 114 Å². The predicted molar refractivity (Wildman–Crippen MR) is 67.7 cm³/mol. The van der Waals surface area contributed by atoms with E-state index in [2.05, 4.69) is 15.0 Å². The first-order valence-corrected chi connectivity index (χ1v) is 6.46. The van der Waals surface area contributed by atoms with Gasteiger partial charge in [-0.3, -0.25) is 4.57 Å². The van der Waals surface area contributed by atoms with Gasteiger partial charge in [0, 0.05) is 0 Å². The van der Waals surface area contributed by atoms with E-state index in [0.717, 1.165) is 5.69 Å². The van der Waals surface area contributed by atoms with Crippen molar-refractivity contribution in [2.45, 2.75) is 37.9 Å². The Morgan fingerprint density at radius 1 is 1.25 bits per heavy atom. The van der Waals surface area contributed by atoms with Crippen LogP contribution in [0.5, 0.6) is 0 Å². The van der Waals surface area contributed by atoms with Crippen LogP contribution in [0.2, 0.25) is 0 Å². The fourth-order valence-corrected chi connectivity index (χ4v) is 2.46. The lowest BCUT2D eigenvalue weighted by Gasteiger charge is -2.16. The minimum atomic E-state index is -1.15. The van der Waals surface area contributed by atoms with Gasteiger partial charge in [-0.1, -0.05) is 6.92 Å². The first-order valence-electron chi connectivity index (χ1n) is 6.46. The summed E-state index contributed by atoms with van der Waals surface area (Å²) in [7, 11) is 0. The van der Waals surface area contributed by atoms with Gasteiger partial charge >= 0.3 is 0 Å². The number of nitrogens with zero attached hydrogens (tertiary/aromatic N) is 4. The Kier molecular flexibility index (Phi) is 3.38. The Morgan fingerprint density at radius 3 is 2.70 bits per heavy atom. The van der Waals surface area contributed by atoms with Crippen LogP contribution in [0, 0.1) is 0 Å². The highest BCUT2D eigenvalue weighted by molar-refractivity contribution is 5.73. The molecule has 1 aliphatic heterocycles. The summed E-state index contributed by atoms with van der Waals surface area (Å²) in [6, 6.07) is 0. The third-order valence-corrected chi connectivity index (χ3v) is 3.56. The maximum atomic E-state index is 10.0. The number of aromatic nitrogens is 4. The summed E-state index contributed by atoms with van der Waals surface area (Å²) in [4.78, 5) is 12.6. The van der Waals surface area contributed by atoms with Gasteiger partial charge in [-0.15, -0.1) is 0 Å². The quantitative estimate of drug-likeness (QED) is 0.660. The highest BCUT2D eigenvalue weighted by Crippen LogP contribution is 2.31. The molecule has 0 aliphatic carbocycles.